The number of aromatic nitrogens is 2. The Morgan fingerprint density at radius 2 is 2.25 bits per heavy atom. The predicted molar refractivity (Wildman–Crippen MR) is 89.1 cm³/mol. The molecule has 7 heteroatoms. The minimum Gasteiger partial charge on any atom is -0.336 e. The molecule has 0 unspecified atom stereocenters. The number of imidazole rings is 1. The van der Waals surface area contributed by atoms with Crippen molar-refractivity contribution >= 4 is 51.3 Å². The van der Waals surface area contributed by atoms with Crippen LogP contribution >= 0.6 is 34.2 Å². The molecule has 2 rings (SSSR count). The molecule has 1 aromatic heterocycles. The Balaban J connectivity index is 2.18. The van der Waals surface area contributed by atoms with E-state index in [4.69, 9.17) is 11.6 Å². The van der Waals surface area contributed by atoms with Crippen LogP contribution in [0.3, 0.4) is 0 Å². The Morgan fingerprint density at radius 1 is 1.50 bits per heavy atom. The number of urea groups is 1. The number of hydrogen-bond acceptors (Lipinski definition) is 2. The molecular formula is C13H16ClIN4O. The SMILES string of the molecule is CN(C)C(=O)NCCn1c(CCl)nc2cc(I)ccc21. The molecule has 2 amide bonds. The number of benzene rings is 1. The number of amides is 2. The van der Waals surface area contributed by atoms with Gasteiger partial charge in [-0.2, -0.15) is 0 Å². The van der Waals surface area contributed by atoms with Crippen molar-refractivity contribution in [3.05, 3.63) is 27.6 Å². The molecule has 0 bridgehead atoms. The molecule has 0 spiro atoms. The molecule has 0 aliphatic carbocycles. The number of nitrogens with zero attached hydrogens (tertiary/aromatic N) is 3. The normalized spacial score (nSPS) is 10.8. The second-order valence-electron chi connectivity index (χ2n) is 4.57. The predicted octanol–water partition coefficient (Wildman–Crippen LogP) is 2.65. The molecular weight excluding hydrogens is 391 g/mol. The first-order valence-electron chi connectivity index (χ1n) is 6.18. The molecule has 2 aromatic rings. The first kappa shape index (κ1) is 15.4. The second-order valence-corrected chi connectivity index (χ2v) is 6.09. The van der Waals surface area contributed by atoms with E-state index in [0.29, 0.717) is 19.0 Å². The number of hydrogen-bond donors (Lipinski definition) is 1. The molecule has 0 fully saturated rings. The molecule has 0 saturated carbocycles. The van der Waals surface area contributed by atoms with E-state index in [1.54, 1.807) is 14.1 Å². The van der Waals surface area contributed by atoms with Crippen LogP contribution in [0.1, 0.15) is 5.82 Å². The topological polar surface area (TPSA) is 50.2 Å². The molecule has 1 N–H and O–H groups in total. The maximum Gasteiger partial charge on any atom is 0.316 e. The van der Waals surface area contributed by atoms with E-state index in [1.807, 2.05) is 22.8 Å². The van der Waals surface area contributed by atoms with Crippen LogP contribution in [0.15, 0.2) is 18.2 Å². The monoisotopic (exact) mass is 406 g/mol. The summed E-state index contributed by atoms with van der Waals surface area (Å²) in [5, 5.41) is 2.84. The van der Waals surface area contributed by atoms with E-state index >= 15 is 0 Å². The summed E-state index contributed by atoms with van der Waals surface area (Å²) in [5.41, 5.74) is 1.98. The second kappa shape index (κ2) is 6.62. The number of halogens is 2. The van der Waals surface area contributed by atoms with Gasteiger partial charge in [-0.1, -0.05) is 0 Å². The molecule has 1 heterocycles. The van der Waals surface area contributed by atoms with Gasteiger partial charge in [0.1, 0.15) is 5.82 Å². The first-order valence-corrected chi connectivity index (χ1v) is 7.80. The van der Waals surface area contributed by atoms with Gasteiger partial charge in [0, 0.05) is 30.8 Å². The quantitative estimate of drug-likeness (QED) is 0.627. The molecule has 0 saturated heterocycles. The van der Waals surface area contributed by atoms with E-state index in [2.05, 4.69) is 32.9 Å². The molecule has 0 aliphatic heterocycles. The lowest BCUT2D eigenvalue weighted by Crippen LogP contribution is -2.36. The largest absolute Gasteiger partial charge is 0.336 e. The highest BCUT2D eigenvalue weighted by Gasteiger charge is 2.10. The summed E-state index contributed by atoms with van der Waals surface area (Å²) in [7, 11) is 3.43. The van der Waals surface area contributed by atoms with Crippen LogP contribution in [-0.4, -0.2) is 41.1 Å². The van der Waals surface area contributed by atoms with Gasteiger partial charge in [-0.05, 0) is 40.8 Å². The third-order valence-corrected chi connectivity index (χ3v) is 3.84. The summed E-state index contributed by atoms with van der Waals surface area (Å²) in [6, 6.07) is 6.00. The lowest BCUT2D eigenvalue weighted by atomic mass is 10.3. The van der Waals surface area contributed by atoms with Crippen LogP contribution in [0.5, 0.6) is 0 Å². The van der Waals surface area contributed by atoms with E-state index in [0.717, 1.165) is 20.4 Å². The van der Waals surface area contributed by atoms with Gasteiger partial charge in [0.25, 0.3) is 0 Å². The molecule has 20 heavy (non-hydrogen) atoms. The Bertz CT molecular complexity index is 626. The fourth-order valence-electron chi connectivity index (χ4n) is 1.94. The van der Waals surface area contributed by atoms with Gasteiger partial charge in [0.2, 0.25) is 0 Å². The summed E-state index contributed by atoms with van der Waals surface area (Å²) in [5.74, 6) is 1.18. The summed E-state index contributed by atoms with van der Waals surface area (Å²) in [6.07, 6.45) is 0. The zero-order valence-electron chi connectivity index (χ0n) is 11.4. The highest BCUT2D eigenvalue weighted by Crippen LogP contribution is 2.19. The maximum atomic E-state index is 11.5. The average molecular weight is 407 g/mol. The highest BCUT2D eigenvalue weighted by molar-refractivity contribution is 14.1. The minimum absolute atomic E-state index is 0.101. The fraction of sp³-hybridized carbons (Fsp3) is 0.385. The van der Waals surface area contributed by atoms with Crippen LogP contribution < -0.4 is 5.32 Å². The van der Waals surface area contributed by atoms with E-state index in [-0.39, 0.29) is 6.03 Å². The Morgan fingerprint density at radius 3 is 2.90 bits per heavy atom. The molecule has 0 aliphatic rings. The van der Waals surface area contributed by atoms with E-state index < -0.39 is 0 Å². The van der Waals surface area contributed by atoms with E-state index in [1.165, 1.54) is 4.90 Å². The van der Waals surface area contributed by atoms with Crippen molar-refractivity contribution < 1.29 is 4.79 Å². The zero-order chi connectivity index (χ0) is 14.7. The van der Waals surface area contributed by atoms with Crippen molar-refractivity contribution in [3.8, 4) is 0 Å². The lowest BCUT2D eigenvalue weighted by Gasteiger charge is -2.13. The van der Waals surface area contributed by atoms with Gasteiger partial charge >= 0.3 is 6.03 Å². The Kier molecular flexibility index (Phi) is 5.09. The van der Waals surface area contributed by atoms with Crippen molar-refractivity contribution in [2.24, 2.45) is 0 Å². The summed E-state index contributed by atoms with van der Waals surface area (Å²) in [4.78, 5) is 17.5. The van der Waals surface area contributed by atoms with Gasteiger partial charge in [-0.15, -0.1) is 11.6 Å². The average Bonchev–Trinajstić information content (AvgIpc) is 2.75. The summed E-state index contributed by atoms with van der Waals surface area (Å²) < 4.78 is 3.19. The zero-order valence-corrected chi connectivity index (χ0v) is 14.3. The van der Waals surface area contributed by atoms with Crippen LogP contribution in [0.2, 0.25) is 0 Å². The number of carbonyl (C=O) groups excluding carboxylic acids is 1. The third-order valence-electron chi connectivity index (χ3n) is 2.93. The number of rotatable bonds is 4. The first-order chi connectivity index (χ1) is 9.52. The van der Waals surface area contributed by atoms with Gasteiger partial charge in [-0.25, -0.2) is 9.78 Å². The molecule has 0 radical (unpaired) electrons. The number of alkyl halides is 1. The van der Waals surface area contributed by atoms with Crippen LogP contribution in [0, 0.1) is 3.57 Å². The van der Waals surface area contributed by atoms with Gasteiger partial charge in [0.05, 0.1) is 16.9 Å². The smallest absolute Gasteiger partial charge is 0.316 e. The third kappa shape index (κ3) is 3.35. The molecule has 5 nitrogen and oxygen atoms in total. The van der Waals surface area contributed by atoms with Gasteiger partial charge < -0.3 is 14.8 Å². The lowest BCUT2D eigenvalue weighted by molar-refractivity contribution is 0.217. The minimum atomic E-state index is -0.101. The van der Waals surface area contributed by atoms with Crippen molar-refractivity contribution in [2.75, 3.05) is 20.6 Å². The van der Waals surface area contributed by atoms with Gasteiger partial charge in [0.15, 0.2) is 0 Å². The molecule has 0 atom stereocenters. The number of nitrogens with one attached hydrogen (secondary N) is 1. The van der Waals surface area contributed by atoms with E-state index in [9.17, 15) is 4.79 Å². The van der Waals surface area contributed by atoms with Crippen molar-refractivity contribution in [1.29, 1.82) is 0 Å². The van der Waals surface area contributed by atoms with Crippen LogP contribution in [0.4, 0.5) is 4.79 Å². The summed E-state index contributed by atoms with van der Waals surface area (Å²) >= 11 is 8.22. The standard InChI is InChI=1S/C13H16ClIN4O/c1-18(2)13(20)16-5-6-19-11-4-3-9(15)7-10(11)17-12(19)8-14/h3-4,7H,5-6,8H2,1-2H3,(H,16,20). The maximum absolute atomic E-state index is 11.5. The number of fused-ring (bicyclic) bond motifs is 1. The highest BCUT2D eigenvalue weighted by atomic mass is 127. The summed E-state index contributed by atoms with van der Waals surface area (Å²) in [6.45, 7) is 1.19. The van der Waals surface area contributed by atoms with Crippen molar-refractivity contribution in [1.82, 2.24) is 19.8 Å². The van der Waals surface area contributed by atoms with Crippen molar-refractivity contribution in [3.63, 3.8) is 0 Å². The number of carbonyl (C=O) groups is 1. The van der Waals surface area contributed by atoms with Crippen LogP contribution in [-0.2, 0) is 12.4 Å². The molecule has 108 valence electrons. The Labute approximate surface area is 136 Å². The fourth-order valence-corrected chi connectivity index (χ4v) is 2.62. The van der Waals surface area contributed by atoms with Gasteiger partial charge in [-0.3, -0.25) is 0 Å². The van der Waals surface area contributed by atoms with Crippen LogP contribution in [0.25, 0.3) is 11.0 Å². The Hall–Kier alpha value is -1.02. The van der Waals surface area contributed by atoms with Crippen molar-refractivity contribution in [2.45, 2.75) is 12.4 Å². The molecule has 1 aromatic carbocycles.